The summed E-state index contributed by atoms with van der Waals surface area (Å²) in [6.07, 6.45) is 0.567. The summed E-state index contributed by atoms with van der Waals surface area (Å²) in [5.74, 6) is 0.744. The third-order valence-corrected chi connectivity index (χ3v) is 4.53. The zero-order chi connectivity index (χ0) is 18.7. The van der Waals surface area contributed by atoms with Gasteiger partial charge in [-0.25, -0.2) is 0 Å². The summed E-state index contributed by atoms with van der Waals surface area (Å²) in [5, 5.41) is 9.49. The molecule has 2 aromatic carbocycles. The van der Waals surface area contributed by atoms with Gasteiger partial charge in [-0.3, -0.25) is 4.79 Å². The van der Waals surface area contributed by atoms with Crippen molar-refractivity contribution in [3.63, 3.8) is 0 Å². The number of halogens is 1. The van der Waals surface area contributed by atoms with E-state index in [1.54, 1.807) is 18.2 Å². The van der Waals surface area contributed by atoms with Crippen molar-refractivity contribution in [2.45, 2.75) is 18.2 Å². The second-order valence-corrected chi connectivity index (χ2v) is 6.67. The summed E-state index contributed by atoms with van der Waals surface area (Å²) in [6, 6.07) is 16.6. The average molecular weight is 383 g/mol. The van der Waals surface area contributed by atoms with E-state index < -0.39 is 0 Å². The molecule has 26 heavy (non-hydrogen) atoms. The van der Waals surface area contributed by atoms with Crippen LogP contribution in [0.5, 0.6) is 11.5 Å². The van der Waals surface area contributed by atoms with Gasteiger partial charge >= 0.3 is 0 Å². The highest BCUT2D eigenvalue weighted by molar-refractivity contribution is 7.80. The van der Waals surface area contributed by atoms with E-state index >= 15 is 0 Å². The molecule has 3 aromatic rings. The normalized spacial score (nSPS) is 10.4. The van der Waals surface area contributed by atoms with E-state index in [0.717, 1.165) is 11.1 Å². The third-order valence-electron chi connectivity index (χ3n) is 3.90. The Bertz CT molecular complexity index is 1060. The van der Waals surface area contributed by atoms with Crippen molar-refractivity contribution in [1.29, 1.82) is 5.26 Å². The Morgan fingerprint density at radius 1 is 1.23 bits per heavy atom. The van der Waals surface area contributed by atoms with Crippen LogP contribution in [-0.2, 0) is 6.42 Å². The minimum Gasteiger partial charge on any atom is -0.456 e. The van der Waals surface area contributed by atoms with Gasteiger partial charge in [0.1, 0.15) is 10.6 Å². The average Bonchev–Trinajstić information content (AvgIpc) is 2.63. The van der Waals surface area contributed by atoms with Gasteiger partial charge in [0.15, 0.2) is 5.75 Å². The maximum absolute atomic E-state index is 12.2. The van der Waals surface area contributed by atoms with Crippen LogP contribution in [0.2, 0.25) is 5.02 Å². The van der Waals surface area contributed by atoms with Gasteiger partial charge in [0.2, 0.25) is 0 Å². The molecule has 0 bridgehead atoms. The van der Waals surface area contributed by atoms with Crippen LogP contribution >= 0.6 is 24.2 Å². The van der Waals surface area contributed by atoms with Crippen molar-refractivity contribution < 1.29 is 4.74 Å². The van der Waals surface area contributed by atoms with Crippen molar-refractivity contribution in [3.05, 3.63) is 86.3 Å². The molecule has 0 atom stereocenters. The number of nitriles is 1. The molecule has 0 fully saturated rings. The largest absolute Gasteiger partial charge is 0.456 e. The van der Waals surface area contributed by atoms with Crippen LogP contribution < -0.4 is 10.3 Å². The summed E-state index contributed by atoms with van der Waals surface area (Å²) in [7, 11) is 0. The van der Waals surface area contributed by atoms with Gasteiger partial charge in [-0.15, -0.1) is 12.6 Å². The first-order valence-corrected chi connectivity index (χ1v) is 8.67. The molecule has 0 saturated heterocycles. The number of benzene rings is 2. The van der Waals surface area contributed by atoms with Gasteiger partial charge in [0.25, 0.3) is 5.56 Å². The third kappa shape index (κ3) is 3.93. The van der Waals surface area contributed by atoms with Crippen molar-refractivity contribution in [2.24, 2.45) is 0 Å². The van der Waals surface area contributed by atoms with Gasteiger partial charge in [0, 0.05) is 22.7 Å². The zero-order valence-electron chi connectivity index (χ0n) is 13.9. The number of aromatic nitrogens is 1. The molecule has 0 amide bonds. The maximum atomic E-state index is 12.2. The van der Waals surface area contributed by atoms with Gasteiger partial charge in [0.05, 0.1) is 11.6 Å². The quantitative estimate of drug-likeness (QED) is 0.632. The fourth-order valence-corrected chi connectivity index (χ4v) is 3.11. The van der Waals surface area contributed by atoms with Crippen molar-refractivity contribution in [1.82, 2.24) is 4.98 Å². The number of rotatable bonds is 4. The predicted molar refractivity (Wildman–Crippen MR) is 105 cm³/mol. The zero-order valence-corrected chi connectivity index (χ0v) is 15.6. The van der Waals surface area contributed by atoms with Gasteiger partial charge < -0.3 is 9.72 Å². The van der Waals surface area contributed by atoms with Gasteiger partial charge in [-0.1, -0.05) is 41.9 Å². The van der Waals surface area contributed by atoms with E-state index in [4.69, 9.17) is 21.6 Å². The number of H-pyrrole nitrogens is 1. The molecule has 1 N–H and O–H groups in total. The topological polar surface area (TPSA) is 65.9 Å². The fourth-order valence-electron chi connectivity index (χ4n) is 2.65. The highest BCUT2D eigenvalue weighted by Gasteiger charge is 2.17. The van der Waals surface area contributed by atoms with E-state index in [1.807, 2.05) is 43.3 Å². The first-order chi connectivity index (χ1) is 12.5. The molecule has 6 heteroatoms. The molecule has 4 nitrogen and oxygen atoms in total. The highest BCUT2D eigenvalue weighted by Crippen LogP contribution is 2.34. The Balaban J connectivity index is 2.09. The van der Waals surface area contributed by atoms with E-state index in [0.29, 0.717) is 34.2 Å². The Labute approximate surface area is 161 Å². The minimum absolute atomic E-state index is 0.181. The molecule has 0 aliphatic carbocycles. The number of hydrogen-bond acceptors (Lipinski definition) is 4. The fraction of sp³-hybridized carbons (Fsp3) is 0.100. The van der Waals surface area contributed by atoms with Crippen LogP contribution in [0.25, 0.3) is 0 Å². The van der Waals surface area contributed by atoms with Crippen LogP contribution in [-0.4, -0.2) is 4.98 Å². The summed E-state index contributed by atoms with van der Waals surface area (Å²) in [5.41, 5.74) is 2.64. The lowest BCUT2D eigenvalue weighted by atomic mass is 10.0. The van der Waals surface area contributed by atoms with E-state index in [1.165, 1.54) is 0 Å². The number of pyridine rings is 1. The lowest BCUT2D eigenvalue weighted by molar-refractivity contribution is 0.462. The Morgan fingerprint density at radius 3 is 2.65 bits per heavy atom. The standard InChI is InChI=1S/C20H15ClN2O2S/c1-12-17(9-13-5-3-2-4-6-13)18(19(26)20(24)23-12)25-16-8-14(11-22)7-15(21)10-16/h2-8,10,26H,9H2,1H3,(H,23,24). The van der Waals surface area contributed by atoms with Crippen LogP contribution in [0, 0.1) is 18.3 Å². The molecule has 130 valence electrons. The minimum atomic E-state index is -0.333. The SMILES string of the molecule is Cc1[nH]c(=O)c(S)c(Oc2cc(Cl)cc(C#N)c2)c1Cc1ccccc1. The Morgan fingerprint density at radius 2 is 1.96 bits per heavy atom. The number of aryl methyl sites for hydroxylation is 1. The molecular weight excluding hydrogens is 368 g/mol. The molecule has 0 aliphatic rings. The lowest BCUT2D eigenvalue weighted by Gasteiger charge is -2.16. The van der Waals surface area contributed by atoms with Gasteiger partial charge in [-0.05, 0) is 30.7 Å². The smallest absolute Gasteiger partial charge is 0.265 e. The monoisotopic (exact) mass is 382 g/mol. The van der Waals surface area contributed by atoms with E-state index in [9.17, 15) is 4.79 Å². The number of nitrogens with one attached hydrogen (secondary N) is 1. The molecule has 0 aliphatic heterocycles. The molecule has 0 saturated carbocycles. The van der Waals surface area contributed by atoms with Gasteiger partial charge in [-0.2, -0.15) is 5.26 Å². The summed E-state index contributed by atoms with van der Waals surface area (Å²) in [4.78, 5) is 15.1. The molecule has 1 heterocycles. The van der Waals surface area contributed by atoms with Crippen molar-refractivity contribution in [3.8, 4) is 17.6 Å². The lowest BCUT2D eigenvalue weighted by Crippen LogP contribution is -2.13. The second-order valence-electron chi connectivity index (χ2n) is 5.79. The highest BCUT2D eigenvalue weighted by atomic mass is 35.5. The maximum Gasteiger partial charge on any atom is 0.265 e. The second kappa shape index (κ2) is 7.69. The predicted octanol–water partition coefficient (Wildman–Crippen LogP) is 4.88. The van der Waals surface area contributed by atoms with Crippen LogP contribution in [0.3, 0.4) is 0 Å². The number of aromatic amines is 1. The molecular formula is C20H15ClN2O2S. The van der Waals surface area contributed by atoms with Crippen molar-refractivity contribution >= 4 is 24.2 Å². The Hall–Kier alpha value is -2.68. The Kier molecular flexibility index (Phi) is 5.36. The summed E-state index contributed by atoms with van der Waals surface area (Å²) >= 11 is 10.4. The van der Waals surface area contributed by atoms with E-state index in [-0.39, 0.29) is 10.5 Å². The molecule has 0 radical (unpaired) electrons. The number of hydrogen-bond donors (Lipinski definition) is 2. The van der Waals surface area contributed by atoms with Crippen LogP contribution in [0.1, 0.15) is 22.4 Å². The summed E-state index contributed by atoms with van der Waals surface area (Å²) in [6.45, 7) is 1.82. The first kappa shape index (κ1) is 18.1. The number of nitrogens with zero attached hydrogens (tertiary/aromatic N) is 1. The van der Waals surface area contributed by atoms with E-state index in [2.05, 4.69) is 17.6 Å². The van der Waals surface area contributed by atoms with Crippen LogP contribution in [0.4, 0.5) is 0 Å². The number of thiol groups is 1. The summed E-state index contributed by atoms with van der Waals surface area (Å²) < 4.78 is 5.97. The van der Waals surface area contributed by atoms with Crippen LogP contribution in [0.15, 0.2) is 58.2 Å². The molecule has 0 unspecified atom stereocenters. The number of ether oxygens (including phenoxy) is 1. The molecule has 0 spiro atoms. The molecule has 3 rings (SSSR count). The van der Waals surface area contributed by atoms with Crippen molar-refractivity contribution in [2.75, 3.05) is 0 Å². The first-order valence-electron chi connectivity index (χ1n) is 7.85. The molecule has 1 aromatic heterocycles.